The molecule has 0 aliphatic rings. The lowest BCUT2D eigenvalue weighted by atomic mass is 9.84. The molecular formula is C86H56N2. The highest BCUT2D eigenvalue weighted by molar-refractivity contribution is 6.23. The van der Waals surface area contributed by atoms with Crippen molar-refractivity contribution in [2.75, 3.05) is 0 Å². The molecule has 17 aromatic rings. The van der Waals surface area contributed by atoms with Gasteiger partial charge in [0, 0.05) is 11.4 Å². The highest BCUT2D eigenvalue weighted by Gasteiger charge is 2.23. The summed E-state index contributed by atoms with van der Waals surface area (Å²) in [5, 5.41) is 14.7. The molecule has 2 aromatic heterocycles. The number of benzene rings is 15. The smallest absolute Gasteiger partial charge is 0.0535 e. The van der Waals surface area contributed by atoms with Gasteiger partial charge in [-0.25, -0.2) is 0 Å². The summed E-state index contributed by atoms with van der Waals surface area (Å²) >= 11 is 0. The lowest BCUT2D eigenvalue weighted by Crippen LogP contribution is -2.02. The van der Waals surface area contributed by atoms with Crippen LogP contribution >= 0.6 is 0 Å². The summed E-state index contributed by atoms with van der Waals surface area (Å²) in [6.45, 7) is 0. The Labute approximate surface area is 511 Å². The van der Waals surface area contributed by atoms with Gasteiger partial charge in [-0.3, -0.25) is 0 Å². The Morgan fingerprint density at radius 2 is 0.443 bits per heavy atom. The average molecular weight is 1120 g/mol. The first-order chi connectivity index (χ1) is 43.7. The van der Waals surface area contributed by atoms with E-state index in [9.17, 15) is 0 Å². The Morgan fingerprint density at radius 1 is 0.159 bits per heavy atom. The van der Waals surface area contributed by atoms with E-state index in [4.69, 9.17) is 0 Å². The first-order valence-electron chi connectivity index (χ1n) is 30.4. The van der Waals surface area contributed by atoms with Crippen LogP contribution in [0.15, 0.2) is 340 Å². The maximum absolute atomic E-state index is 2.47. The Hall–Kier alpha value is -11.6. The monoisotopic (exact) mass is 1120 g/mol. The Bertz CT molecular complexity index is 5040. The van der Waals surface area contributed by atoms with Crippen LogP contribution < -0.4 is 0 Å². The molecule has 0 saturated heterocycles. The third-order valence-electron chi connectivity index (χ3n) is 18.1. The van der Waals surface area contributed by atoms with E-state index in [2.05, 4.69) is 349 Å². The molecule has 0 saturated carbocycles. The molecule has 0 atom stereocenters. The second-order valence-corrected chi connectivity index (χ2v) is 23.1. The lowest BCUT2D eigenvalue weighted by molar-refractivity contribution is 1.10. The Balaban J connectivity index is 0.955. The number of aromatic nitrogens is 2. The summed E-state index contributed by atoms with van der Waals surface area (Å²) in [4.78, 5) is 0. The van der Waals surface area contributed by atoms with Crippen molar-refractivity contribution in [3.63, 3.8) is 0 Å². The Kier molecular flexibility index (Phi) is 12.3. The molecule has 0 amide bonds. The van der Waals surface area contributed by atoms with Crippen LogP contribution in [0.1, 0.15) is 0 Å². The third-order valence-corrected chi connectivity index (χ3v) is 18.1. The Morgan fingerprint density at radius 3 is 0.784 bits per heavy atom. The molecule has 0 bridgehead atoms. The molecule has 0 N–H and O–H groups in total. The maximum atomic E-state index is 2.47. The minimum Gasteiger partial charge on any atom is -0.309 e. The summed E-state index contributed by atoms with van der Waals surface area (Å²) in [6.07, 6.45) is 0. The molecule has 0 unspecified atom stereocenters. The zero-order valence-electron chi connectivity index (χ0n) is 48.2. The molecule has 17 rings (SSSR count). The van der Waals surface area contributed by atoms with Crippen LogP contribution in [-0.4, -0.2) is 9.13 Å². The summed E-state index contributed by atoms with van der Waals surface area (Å²) in [7, 11) is 0. The average Bonchev–Trinajstić information content (AvgIpc) is 1.20. The topological polar surface area (TPSA) is 9.86 Å². The van der Waals surface area contributed by atoms with Crippen molar-refractivity contribution >= 4 is 64.6 Å². The van der Waals surface area contributed by atoms with Crippen LogP contribution in [0.25, 0.3) is 166 Å². The fraction of sp³-hybridized carbons (Fsp3) is 0. The molecule has 0 aliphatic carbocycles. The molecule has 2 heteroatoms. The summed E-state index contributed by atoms with van der Waals surface area (Å²) in [5.74, 6) is 0. The van der Waals surface area contributed by atoms with E-state index in [0.717, 1.165) is 67.5 Å². The van der Waals surface area contributed by atoms with Crippen molar-refractivity contribution in [1.29, 1.82) is 0 Å². The van der Waals surface area contributed by atoms with Gasteiger partial charge in [0.15, 0.2) is 0 Å². The third kappa shape index (κ3) is 8.56. The number of hydrogen-bond acceptors (Lipinski definition) is 0. The van der Waals surface area contributed by atoms with Gasteiger partial charge in [-0.15, -0.1) is 0 Å². The SMILES string of the molecule is c1ccc(-c2ccc(-c3ccccc3)n2-c2ccc3c(-c4ccc(-c5cc6ccccc6c6ccccc56)cc4)c4cc(-n5c(-c6ccccc6)ccc5-c5ccccc5)ccc4c(-c4ccc(-c5cc6ccccc6c6ccccc56)cc4)c3c2)cc1. The fourth-order valence-electron chi connectivity index (χ4n) is 14.1. The van der Waals surface area contributed by atoms with Crippen molar-refractivity contribution in [1.82, 2.24) is 9.13 Å². The van der Waals surface area contributed by atoms with E-state index in [1.54, 1.807) is 0 Å². The van der Waals surface area contributed by atoms with Crippen molar-refractivity contribution < 1.29 is 0 Å². The van der Waals surface area contributed by atoms with Gasteiger partial charge in [0.1, 0.15) is 0 Å². The first kappa shape index (κ1) is 50.9. The predicted octanol–water partition coefficient (Wildman–Crippen LogP) is 23.5. The van der Waals surface area contributed by atoms with Crippen LogP contribution in [0.5, 0.6) is 0 Å². The van der Waals surface area contributed by atoms with Crippen molar-refractivity contribution in [2.24, 2.45) is 0 Å². The largest absolute Gasteiger partial charge is 0.309 e. The van der Waals surface area contributed by atoms with Crippen molar-refractivity contribution in [3.8, 4) is 101 Å². The van der Waals surface area contributed by atoms with E-state index in [1.807, 2.05) is 0 Å². The lowest BCUT2D eigenvalue weighted by Gasteiger charge is -2.22. The predicted molar refractivity (Wildman–Crippen MR) is 374 cm³/mol. The quantitative estimate of drug-likeness (QED) is 0.0954. The second kappa shape index (κ2) is 21.2. The number of rotatable bonds is 10. The molecule has 2 heterocycles. The van der Waals surface area contributed by atoms with Gasteiger partial charge >= 0.3 is 0 Å². The van der Waals surface area contributed by atoms with Crippen LogP contribution in [0.2, 0.25) is 0 Å². The molecule has 0 aliphatic heterocycles. The molecular weight excluding hydrogens is 1060 g/mol. The number of nitrogens with zero attached hydrogens (tertiary/aromatic N) is 2. The fourth-order valence-corrected chi connectivity index (χ4v) is 14.1. The van der Waals surface area contributed by atoms with Crippen LogP contribution in [0.4, 0.5) is 0 Å². The van der Waals surface area contributed by atoms with Gasteiger partial charge < -0.3 is 9.13 Å². The van der Waals surface area contributed by atoms with Gasteiger partial charge in [-0.1, -0.05) is 279 Å². The highest BCUT2D eigenvalue weighted by Crippen LogP contribution is 2.48. The second-order valence-electron chi connectivity index (χ2n) is 23.1. The van der Waals surface area contributed by atoms with Gasteiger partial charge in [0.2, 0.25) is 0 Å². The standard InChI is InChI=1S/C86H56N2/c1-5-21-59(22-6-1)81-49-50-82(60-23-7-2-8-24-60)87(81)67-45-47-75-79(55-67)85(63-41-37-57(38-42-63)77-53-65-29-13-15-31-69(65)71-33-17-19-35-73(71)77)76-48-46-68(88-83(61-25-9-3-10-26-61)51-52-84(88)62-27-11-4-12-28-62)56-80(76)86(75)64-43-39-58(40-44-64)78-54-66-30-14-16-32-70(66)72-34-18-20-36-74(72)78/h1-56H. The molecule has 0 radical (unpaired) electrons. The van der Waals surface area contributed by atoms with E-state index >= 15 is 0 Å². The summed E-state index contributed by atoms with van der Waals surface area (Å²) in [5.41, 5.74) is 20.8. The van der Waals surface area contributed by atoms with Gasteiger partial charge in [-0.05, 0) is 192 Å². The maximum Gasteiger partial charge on any atom is 0.0535 e. The molecule has 0 spiro atoms. The molecule has 15 aromatic carbocycles. The van der Waals surface area contributed by atoms with E-state index in [-0.39, 0.29) is 0 Å². The first-order valence-corrected chi connectivity index (χ1v) is 30.4. The van der Waals surface area contributed by atoms with E-state index in [0.29, 0.717) is 0 Å². The van der Waals surface area contributed by atoms with Crippen molar-refractivity contribution in [2.45, 2.75) is 0 Å². The summed E-state index contributed by atoms with van der Waals surface area (Å²) in [6, 6.07) is 126. The molecule has 410 valence electrons. The minimum atomic E-state index is 1.09. The highest BCUT2D eigenvalue weighted by atomic mass is 15.0. The van der Waals surface area contributed by atoms with Crippen molar-refractivity contribution in [3.05, 3.63) is 340 Å². The number of fused-ring (bicyclic) bond motifs is 8. The molecule has 88 heavy (non-hydrogen) atoms. The molecule has 2 nitrogen and oxygen atoms in total. The molecule has 0 fully saturated rings. The number of hydrogen-bond donors (Lipinski definition) is 0. The van der Waals surface area contributed by atoms with Gasteiger partial charge in [0.25, 0.3) is 0 Å². The summed E-state index contributed by atoms with van der Waals surface area (Å²) < 4.78 is 4.92. The van der Waals surface area contributed by atoms with Crippen LogP contribution in [-0.2, 0) is 0 Å². The van der Waals surface area contributed by atoms with E-state index in [1.165, 1.54) is 98.0 Å². The van der Waals surface area contributed by atoms with Gasteiger partial charge in [0.05, 0.1) is 22.8 Å². The van der Waals surface area contributed by atoms with E-state index < -0.39 is 0 Å². The van der Waals surface area contributed by atoms with Crippen LogP contribution in [0.3, 0.4) is 0 Å². The zero-order valence-corrected chi connectivity index (χ0v) is 48.2. The minimum absolute atomic E-state index is 1.09. The van der Waals surface area contributed by atoms with Gasteiger partial charge in [-0.2, -0.15) is 0 Å². The zero-order chi connectivity index (χ0) is 58.1. The normalized spacial score (nSPS) is 11.6. The van der Waals surface area contributed by atoms with Crippen LogP contribution in [0, 0.1) is 0 Å².